The Morgan fingerprint density at radius 1 is 0.933 bits per heavy atom. The number of unbranched alkanes of at least 4 members (excludes halogenated alkanes) is 2. The first kappa shape index (κ1) is 14.3. The van der Waals surface area contributed by atoms with E-state index in [1.54, 1.807) is 0 Å². The van der Waals surface area contributed by atoms with Gasteiger partial charge in [0.15, 0.2) is 0 Å². The van der Waals surface area contributed by atoms with Gasteiger partial charge < -0.3 is 0 Å². The van der Waals surface area contributed by atoms with Gasteiger partial charge in [0, 0.05) is 25.7 Å². The van der Waals surface area contributed by atoms with Crippen LogP contribution in [0.2, 0.25) is 0 Å². The second-order valence-electron chi connectivity index (χ2n) is 3.96. The summed E-state index contributed by atoms with van der Waals surface area (Å²) < 4.78 is 0. The third-order valence-corrected chi connectivity index (χ3v) is 2.34. The summed E-state index contributed by atoms with van der Waals surface area (Å²) in [6.07, 6.45) is 8.21. The van der Waals surface area contributed by atoms with Crippen LogP contribution in [-0.2, 0) is 9.59 Å². The van der Waals surface area contributed by atoms with Crippen molar-refractivity contribution in [1.29, 1.82) is 0 Å². The Hall–Kier alpha value is -0.660. The van der Waals surface area contributed by atoms with Crippen LogP contribution in [0.25, 0.3) is 0 Å². The van der Waals surface area contributed by atoms with Crippen LogP contribution in [0, 0.1) is 6.42 Å². The minimum absolute atomic E-state index is 0.305. The number of carbonyl (C=O) groups is 2. The predicted octanol–water partition coefficient (Wildman–Crippen LogP) is 3.49. The smallest absolute Gasteiger partial charge is 0.133 e. The van der Waals surface area contributed by atoms with Crippen LogP contribution in [0.15, 0.2) is 0 Å². The first-order chi connectivity index (χ1) is 7.20. The van der Waals surface area contributed by atoms with Gasteiger partial charge in [0.2, 0.25) is 0 Å². The number of ketones is 2. The molecule has 15 heavy (non-hydrogen) atoms. The Balaban J connectivity index is 3.30. The Bertz CT molecular complexity index is 185. The lowest BCUT2D eigenvalue weighted by atomic mass is 10.0. The molecule has 2 nitrogen and oxygen atoms in total. The molecule has 0 aliphatic rings. The third kappa shape index (κ3) is 9.64. The van der Waals surface area contributed by atoms with Crippen molar-refractivity contribution in [3.63, 3.8) is 0 Å². The van der Waals surface area contributed by atoms with Gasteiger partial charge in [-0.25, -0.2) is 0 Å². The van der Waals surface area contributed by atoms with E-state index in [-0.39, 0.29) is 0 Å². The first-order valence-corrected chi connectivity index (χ1v) is 6.05. The lowest BCUT2D eigenvalue weighted by Gasteiger charge is -2.00. The highest BCUT2D eigenvalue weighted by Gasteiger charge is 2.03. The molecule has 0 spiro atoms. The fourth-order valence-electron chi connectivity index (χ4n) is 1.41. The maximum absolute atomic E-state index is 11.3. The fourth-order valence-corrected chi connectivity index (χ4v) is 1.41. The van der Waals surface area contributed by atoms with Crippen molar-refractivity contribution >= 4 is 11.6 Å². The second-order valence-corrected chi connectivity index (χ2v) is 3.96. The number of hydrogen-bond donors (Lipinski definition) is 0. The lowest BCUT2D eigenvalue weighted by Crippen LogP contribution is -2.00. The van der Waals surface area contributed by atoms with E-state index >= 15 is 0 Å². The van der Waals surface area contributed by atoms with Gasteiger partial charge in [0.05, 0.1) is 0 Å². The highest BCUT2D eigenvalue weighted by molar-refractivity contribution is 5.80. The standard InChI is InChI=1S/C13H23O2/c1-3-5-9-13(15)11-7-6-10-12(14)8-4-2/h7H,3-6,8-11H2,1-2H3. The van der Waals surface area contributed by atoms with Crippen LogP contribution in [0.5, 0.6) is 0 Å². The quantitative estimate of drug-likeness (QED) is 0.518. The summed E-state index contributed by atoms with van der Waals surface area (Å²) in [5.74, 6) is 0.620. The van der Waals surface area contributed by atoms with Crippen molar-refractivity contribution in [3.8, 4) is 0 Å². The van der Waals surface area contributed by atoms with Gasteiger partial charge in [0.1, 0.15) is 11.6 Å². The van der Waals surface area contributed by atoms with Gasteiger partial charge in [-0.1, -0.05) is 20.3 Å². The summed E-state index contributed by atoms with van der Waals surface area (Å²) in [5, 5.41) is 0. The molecule has 0 saturated heterocycles. The van der Waals surface area contributed by atoms with Crippen molar-refractivity contribution in [2.75, 3.05) is 0 Å². The molecule has 0 aromatic heterocycles. The van der Waals surface area contributed by atoms with E-state index in [1.165, 1.54) is 0 Å². The van der Waals surface area contributed by atoms with Crippen LogP contribution in [0.1, 0.15) is 65.2 Å². The molecule has 0 amide bonds. The number of hydrogen-bond acceptors (Lipinski definition) is 2. The van der Waals surface area contributed by atoms with E-state index in [0.717, 1.165) is 25.7 Å². The van der Waals surface area contributed by atoms with Crippen LogP contribution in [0.4, 0.5) is 0 Å². The van der Waals surface area contributed by atoms with Gasteiger partial charge in [-0.15, -0.1) is 0 Å². The molecule has 2 heteroatoms. The molecule has 0 aromatic carbocycles. The van der Waals surface area contributed by atoms with E-state index < -0.39 is 0 Å². The fraction of sp³-hybridized carbons (Fsp3) is 0.769. The van der Waals surface area contributed by atoms with E-state index in [1.807, 2.05) is 13.3 Å². The van der Waals surface area contributed by atoms with Crippen molar-refractivity contribution in [2.24, 2.45) is 0 Å². The number of Topliss-reactive ketones (excluding diaryl/α,β-unsaturated/α-hetero) is 2. The van der Waals surface area contributed by atoms with Crippen molar-refractivity contribution in [3.05, 3.63) is 6.42 Å². The normalized spacial score (nSPS) is 10.3. The van der Waals surface area contributed by atoms with Crippen LogP contribution >= 0.6 is 0 Å². The van der Waals surface area contributed by atoms with Crippen LogP contribution in [-0.4, -0.2) is 11.6 Å². The first-order valence-electron chi connectivity index (χ1n) is 6.05. The maximum Gasteiger partial charge on any atom is 0.133 e. The minimum atomic E-state index is 0.305. The molecule has 0 atom stereocenters. The number of rotatable bonds is 10. The SMILES string of the molecule is CCCCC(=O)C[CH]CCC(=O)CCC. The summed E-state index contributed by atoms with van der Waals surface area (Å²) in [6, 6.07) is 0. The van der Waals surface area contributed by atoms with Gasteiger partial charge in [0.25, 0.3) is 0 Å². The van der Waals surface area contributed by atoms with Crippen molar-refractivity contribution in [2.45, 2.75) is 65.2 Å². The predicted molar refractivity (Wildman–Crippen MR) is 62.6 cm³/mol. The van der Waals surface area contributed by atoms with Gasteiger partial charge in [-0.05, 0) is 25.7 Å². The highest BCUT2D eigenvalue weighted by Crippen LogP contribution is 2.06. The van der Waals surface area contributed by atoms with Gasteiger partial charge in [-0.2, -0.15) is 0 Å². The molecule has 0 aliphatic carbocycles. The molecule has 0 rings (SSSR count). The van der Waals surface area contributed by atoms with Crippen LogP contribution < -0.4 is 0 Å². The Morgan fingerprint density at radius 2 is 1.67 bits per heavy atom. The highest BCUT2D eigenvalue weighted by atomic mass is 16.1. The molecule has 0 aromatic rings. The Kier molecular flexibility index (Phi) is 9.44. The summed E-state index contributed by atoms with van der Waals surface area (Å²) in [7, 11) is 0. The molecule has 0 N–H and O–H groups in total. The zero-order valence-corrected chi connectivity index (χ0v) is 10.1. The van der Waals surface area contributed by atoms with E-state index in [4.69, 9.17) is 0 Å². The minimum Gasteiger partial charge on any atom is -0.300 e. The molecular formula is C13H23O2. The zero-order valence-electron chi connectivity index (χ0n) is 10.1. The molecule has 0 saturated carbocycles. The molecule has 87 valence electrons. The van der Waals surface area contributed by atoms with Gasteiger partial charge >= 0.3 is 0 Å². The second kappa shape index (κ2) is 9.88. The molecule has 1 radical (unpaired) electrons. The molecule has 0 fully saturated rings. The van der Waals surface area contributed by atoms with E-state index in [9.17, 15) is 9.59 Å². The Labute approximate surface area is 93.4 Å². The van der Waals surface area contributed by atoms with Crippen molar-refractivity contribution in [1.82, 2.24) is 0 Å². The summed E-state index contributed by atoms with van der Waals surface area (Å²) >= 11 is 0. The third-order valence-electron chi connectivity index (χ3n) is 2.34. The lowest BCUT2D eigenvalue weighted by molar-refractivity contribution is -0.120. The molecule has 0 aliphatic heterocycles. The molecule has 0 bridgehead atoms. The molecule has 0 unspecified atom stereocenters. The van der Waals surface area contributed by atoms with Gasteiger partial charge in [-0.3, -0.25) is 9.59 Å². The Morgan fingerprint density at radius 3 is 2.27 bits per heavy atom. The monoisotopic (exact) mass is 211 g/mol. The maximum atomic E-state index is 11.3. The van der Waals surface area contributed by atoms with E-state index in [0.29, 0.717) is 37.2 Å². The molecule has 0 heterocycles. The summed E-state index contributed by atoms with van der Waals surface area (Å²) in [4.78, 5) is 22.4. The van der Waals surface area contributed by atoms with Crippen LogP contribution in [0.3, 0.4) is 0 Å². The molecular weight excluding hydrogens is 188 g/mol. The topological polar surface area (TPSA) is 34.1 Å². The number of carbonyl (C=O) groups excluding carboxylic acids is 2. The largest absolute Gasteiger partial charge is 0.300 e. The van der Waals surface area contributed by atoms with E-state index in [2.05, 4.69) is 6.92 Å². The summed E-state index contributed by atoms with van der Waals surface area (Å²) in [6.45, 7) is 4.09. The zero-order chi connectivity index (χ0) is 11.5. The average molecular weight is 211 g/mol. The average Bonchev–Trinajstić information content (AvgIpc) is 2.22. The van der Waals surface area contributed by atoms with Crippen molar-refractivity contribution < 1.29 is 9.59 Å². The summed E-state index contributed by atoms with van der Waals surface area (Å²) in [5.41, 5.74) is 0.